The number of rotatable bonds is 3. The molecule has 1 aromatic heterocycles. The van der Waals surface area contributed by atoms with Crippen LogP contribution in [-0.4, -0.2) is 27.1 Å². The normalized spacial score (nSPS) is 23.6. The Morgan fingerprint density at radius 2 is 1.92 bits per heavy atom. The van der Waals surface area contributed by atoms with Crippen LogP contribution in [-0.2, 0) is 19.5 Å². The Hall–Kier alpha value is -1.42. The molecule has 1 saturated carbocycles. The van der Waals surface area contributed by atoms with Gasteiger partial charge in [-0.05, 0) is 55.0 Å². The van der Waals surface area contributed by atoms with E-state index < -0.39 is 0 Å². The molecule has 0 unspecified atom stereocenters. The molecular weight excluding hydrogens is 332 g/mol. The topological polar surface area (TPSA) is 36.4 Å². The molecule has 1 aliphatic carbocycles. The van der Waals surface area contributed by atoms with Gasteiger partial charge in [-0.25, -0.2) is 0 Å². The zero-order valence-corrected chi connectivity index (χ0v) is 15.5. The SMILES string of the molecule is Cc1nc2c(cc1Cc1ccc(Cl)cc1)CN([C@H]1CCCC[C@@H]1O)C2. The Labute approximate surface area is 154 Å². The average Bonchev–Trinajstić information content (AvgIpc) is 3.00. The molecule has 4 rings (SSSR count). The summed E-state index contributed by atoms with van der Waals surface area (Å²) in [6.45, 7) is 3.89. The molecule has 0 bridgehead atoms. The first-order valence-electron chi connectivity index (χ1n) is 9.25. The van der Waals surface area contributed by atoms with E-state index in [1.165, 1.54) is 28.8 Å². The zero-order valence-electron chi connectivity index (χ0n) is 14.7. The second kappa shape index (κ2) is 7.06. The van der Waals surface area contributed by atoms with Gasteiger partial charge in [-0.3, -0.25) is 9.88 Å². The Kier molecular flexibility index (Phi) is 4.81. The molecule has 132 valence electrons. The molecule has 0 radical (unpaired) electrons. The Bertz CT molecular complexity index is 759. The third-order valence-corrected chi connectivity index (χ3v) is 5.94. The average molecular weight is 357 g/mol. The van der Waals surface area contributed by atoms with E-state index >= 15 is 0 Å². The van der Waals surface area contributed by atoms with Gasteiger partial charge in [0.05, 0.1) is 11.8 Å². The summed E-state index contributed by atoms with van der Waals surface area (Å²) >= 11 is 5.99. The first-order chi connectivity index (χ1) is 12.1. The van der Waals surface area contributed by atoms with Gasteiger partial charge < -0.3 is 5.11 Å². The van der Waals surface area contributed by atoms with Gasteiger partial charge in [-0.15, -0.1) is 0 Å². The highest BCUT2D eigenvalue weighted by Gasteiger charge is 2.33. The minimum Gasteiger partial charge on any atom is -0.391 e. The summed E-state index contributed by atoms with van der Waals surface area (Å²) in [6.07, 6.45) is 5.12. The third-order valence-electron chi connectivity index (χ3n) is 5.68. The highest BCUT2D eigenvalue weighted by molar-refractivity contribution is 6.30. The standard InChI is InChI=1S/C21H25ClN2O/c1-14-16(10-15-6-8-18(22)9-7-15)11-17-12-24(13-19(17)23-14)20-4-2-3-5-21(20)25/h6-9,11,20-21,25H,2-5,10,12-13H2,1H3/t20-,21-/m0/s1. The van der Waals surface area contributed by atoms with Crippen LogP contribution in [0.15, 0.2) is 30.3 Å². The summed E-state index contributed by atoms with van der Waals surface area (Å²) in [5.74, 6) is 0. The van der Waals surface area contributed by atoms with Crippen LogP contribution >= 0.6 is 11.6 Å². The lowest BCUT2D eigenvalue weighted by Crippen LogP contribution is -2.42. The lowest BCUT2D eigenvalue weighted by molar-refractivity contribution is 0.0174. The van der Waals surface area contributed by atoms with Crippen LogP contribution in [0.4, 0.5) is 0 Å². The minimum atomic E-state index is -0.183. The molecule has 0 saturated heterocycles. The lowest BCUT2D eigenvalue weighted by Gasteiger charge is -2.34. The van der Waals surface area contributed by atoms with E-state index in [1.807, 2.05) is 12.1 Å². The predicted molar refractivity (Wildman–Crippen MR) is 101 cm³/mol. The molecule has 1 aliphatic heterocycles. The number of aliphatic hydroxyl groups is 1. The quantitative estimate of drug-likeness (QED) is 0.893. The largest absolute Gasteiger partial charge is 0.391 e. The van der Waals surface area contributed by atoms with E-state index in [0.29, 0.717) is 6.04 Å². The molecule has 2 heterocycles. The molecule has 25 heavy (non-hydrogen) atoms. The fourth-order valence-electron chi connectivity index (χ4n) is 4.24. The van der Waals surface area contributed by atoms with Crippen molar-refractivity contribution in [1.82, 2.24) is 9.88 Å². The van der Waals surface area contributed by atoms with Crippen molar-refractivity contribution in [1.29, 1.82) is 0 Å². The molecule has 4 heteroatoms. The number of fused-ring (bicyclic) bond motifs is 1. The molecule has 3 nitrogen and oxygen atoms in total. The van der Waals surface area contributed by atoms with Crippen LogP contribution in [0.3, 0.4) is 0 Å². The van der Waals surface area contributed by atoms with Crippen molar-refractivity contribution in [3.63, 3.8) is 0 Å². The van der Waals surface area contributed by atoms with Gasteiger partial charge in [-0.2, -0.15) is 0 Å². The predicted octanol–water partition coefficient (Wildman–Crippen LogP) is 4.25. The second-order valence-electron chi connectivity index (χ2n) is 7.47. The monoisotopic (exact) mass is 356 g/mol. The van der Waals surface area contributed by atoms with Crippen molar-refractivity contribution in [3.05, 3.63) is 63.4 Å². The highest BCUT2D eigenvalue weighted by atomic mass is 35.5. The summed E-state index contributed by atoms with van der Waals surface area (Å²) in [5.41, 5.74) is 6.17. The second-order valence-corrected chi connectivity index (χ2v) is 7.90. The summed E-state index contributed by atoms with van der Waals surface area (Å²) in [7, 11) is 0. The molecule has 1 N–H and O–H groups in total. The van der Waals surface area contributed by atoms with Crippen LogP contribution in [0, 0.1) is 6.92 Å². The number of nitrogens with zero attached hydrogens (tertiary/aromatic N) is 2. The van der Waals surface area contributed by atoms with Gasteiger partial charge >= 0.3 is 0 Å². The maximum absolute atomic E-state index is 10.4. The Morgan fingerprint density at radius 1 is 1.16 bits per heavy atom. The van der Waals surface area contributed by atoms with Crippen LogP contribution in [0.25, 0.3) is 0 Å². The van der Waals surface area contributed by atoms with E-state index in [4.69, 9.17) is 16.6 Å². The maximum Gasteiger partial charge on any atom is 0.0695 e. The van der Waals surface area contributed by atoms with E-state index in [0.717, 1.165) is 49.5 Å². The molecule has 1 aromatic carbocycles. The number of benzene rings is 1. The number of aromatic nitrogens is 1. The van der Waals surface area contributed by atoms with Crippen molar-refractivity contribution < 1.29 is 5.11 Å². The number of aryl methyl sites for hydroxylation is 1. The number of hydrogen-bond donors (Lipinski definition) is 1. The van der Waals surface area contributed by atoms with Crippen molar-refractivity contribution >= 4 is 11.6 Å². The molecule has 2 atom stereocenters. The van der Waals surface area contributed by atoms with Gasteiger partial charge in [0, 0.05) is 29.8 Å². The van der Waals surface area contributed by atoms with Crippen molar-refractivity contribution in [2.45, 2.75) is 64.3 Å². The number of halogens is 1. The highest BCUT2D eigenvalue weighted by Crippen LogP contribution is 2.31. The molecule has 1 fully saturated rings. The van der Waals surface area contributed by atoms with E-state index in [-0.39, 0.29) is 6.10 Å². The molecular formula is C21H25ClN2O. The van der Waals surface area contributed by atoms with Gasteiger partial charge in [0.2, 0.25) is 0 Å². The van der Waals surface area contributed by atoms with Crippen molar-refractivity contribution in [2.24, 2.45) is 0 Å². The fourth-order valence-corrected chi connectivity index (χ4v) is 4.36. The molecule has 0 spiro atoms. The van der Waals surface area contributed by atoms with Gasteiger partial charge in [0.15, 0.2) is 0 Å². The van der Waals surface area contributed by atoms with Crippen molar-refractivity contribution in [3.8, 4) is 0 Å². The summed E-state index contributed by atoms with van der Waals surface area (Å²) in [4.78, 5) is 7.31. The molecule has 2 aromatic rings. The first kappa shape index (κ1) is 17.0. The Balaban J connectivity index is 1.53. The fraction of sp³-hybridized carbons (Fsp3) is 0.476. The molecule has 0 amide bonds. The smallest absolute Gasteiger partial charge is 0.0695 e. The number of aliphatic hydroxyl groups excluding tert-OH is 1. The zero-order chi connectivity index (χ0) is 17.4. The third kappa shape index (κ3) is 3.59. The van der Waals surface area contributed by atoms with Gasteiger partial charge in [-0.1, -0.05) is 42.6 Å². The van der Waals surface area contributed by atoms with Gasteiger partial charge in [0.1, 0.15) is 0 Å². The van der Waals surface area contributed by atoms with E-state index in [1.54, 1.807) is 0 Å². The number of hydrogen-bond acceptors (Lipinski definition) is 3. The van der Waals surface area contributed by atoms with Crippen LogP contribution in [0.1, 0.15) is 53.8 Å². The van der Waals surface area contributed by atoms with Crippen LogP contribution in [0.5, 0.6) is 0 Å². The molecule has 2 aliphatic rings. The summed E-state index contributed by atoms with van der Waals surface area (Å²) < 4.78 is 0. The summed E-state index contributed by atoms with van der Waals surface area (Å²) in [6, 6.07) is 10.7. The Morgan fingerprint density at radius 3 is 2.68 bits per heavy atom. The lowest BCUT2D eigenvalue weighted by atomic mass is 9.91. The van der Waals surface area contributed by atoms with Crippen LogP contribution in [0.2, 0.25) is 5.02 Å². The summed E-state index contributed by atoms with van der Waals surface area (Å²) in [5, 5.41) is 11.1. The first-order valence-corrected chi connectivity index (χ1v) is 9.63. The van der Waals surface area contributed by atoms with Crippen molar-refractivity contribution in [2.75, 3.05) is 0 Å². The van der Waals surface area contributed by atoms with E-state index in [9.17, 15) is 5.11 Å². The maximum atomic E-state index is 10.4. The van der Waals surface area contributed by atoms with Crippen LogP contribution < -0.4 is 0 Å². The minimum absolute atomic E-state index is 0.183. The van der Waals surface area contributed by atoms with Gasteiger partial charge in [0.25, 0.3) is 0 Å². The van der Waals surface area contributed by atoms with E-state index in [2.05, 4.69) is 30.0 Å². The number of pyridine rings is 1.